The fourth-order valence-electron chi connectivity index (χ4n) is 3.22. The van der Waals surface area contributed by atoms with Gasteiger partial charge in [-0.05, 0) is 18.2 Å². The topological polar surface area (TPSA) is 72.2 Å². The summed E-state index contributed by atoms with van der Waals surface area (Å²) < 4.78 is 42.5. The molecule has 1 amide bonds. The first-order valence-electron chi connectivity index (χ1n) is 8.93. The molecule has 3 aromatic rings. The summed E-state index contributed by atoms with van der Waals surface area (Å²) in [5.74, 6) is 0.201. The average Bonchev–Trinajstić information content (AvgIpc) is 3.10. The summed E-state index contributed by atoms with van der Waals surface area (Å²) in [4.78, 5) is 16.1. The van der Waals surface area contributed by atoms with E-state index in [9.17, 15) is 18.0 Å². The van der Waals surface area contributed by atoms with E-state index in [4.69, 9.17) is 0 Å². The largest absolute Gasteiger partial charge is 0.418 e. The van der Waals surface area contributed by atoms with Gasteiger partial charge in [0.15, 0.2) is 5.82 Å². The van der Waals surface area contributed by atoms with Crippen molar-refractivity contribution in [2.75, 3.05) is 5.32 Å². The number of hydrogen-bond donors (Lipinski definition) is 1. The highest BCUT2D eigenvalue weighted by Gasteiger charge is 2.37. The quantitative estimate of drug-likeness (QED) is 0.724. The van der Waals surface area contributed by atoms with Crippen molar-refractivity contribution in [1.82, 2.24) is 14.8 Å². The fourth-order valence-corrected chi connectivity index (χ4v) is 3.22. The van der Waals surface area contributed by atoms with Crippen molar-refractivity contribution in [2.45, 2.75) is 26.1 Å². The predicted molar refractivity (Wildman–Crippen MR) is 101 cm³/mol. The van der Waals surface area contributed by atoms with Gasteiger partial charge in [0.1, 0.15) is 12.9 Å². The van der Waals surface area contributed by atoms with Crippen molar-refractivity contribution in [1.29, 1.82) is 0 Å². The molecule has 0 saturated heterocycles. The number of carbonyl (C=O) groups excluding carboxylic acids is 1. The zero-order chi connectivity index (χ0) is 20.6. The second-order valence-corrected chi connectivity index (χ2v) is 6.46. The average molecular weight is 399 g/mol. The molecule has 6 nitrogen and oxygen atoms in total. The molecular weight excluding hydrogens is 383 g/mol. The highest BCUT2D eigenvalue weighted by Crippen LogP contribution is 2.37. The standard InChI is InChI=1S/C20H16F3N5O/c1-2-17(29)26-13-8-6-12(7-9-13)18-14-4-3-5-15(20(21,22)23)19(14)28-11-25-27-16(28)10-24-18/h3-9,11H,2,10H2,1H3,(H,26,29). The molecule has 0 radical (unpaired) electrons. The number of anilines is 1. The van der Waals surface area contributed by atoms with Crippen LogP contribution in [0.3, 0.4) is 0 Å². The Hall–Kier alpha value is -3.49. The molecule has 0 fully saturated rings. The van der Waals surface area contributed by atoms with E-state index >= 15 is 0 Å². The van der Waals surface area contributed by atoms with Crippen LogP contribution >= 0.6 is 0 Å². The lowest BCUT2D eigenvalue weighted by Gasteiger charge is -2.17. The number of nitrogens with zero attached hydrogens (tertiary/aromatic N) is 4. The first-order chi connectivity index (χ1) is 13.9. The first-order valence-corrected chi connectivity index (χ1v) is 8.93. The van der Waals surface area contributed by atoms with Crippen molar-refractivity contribution in [2.24, 2.45) is 4.99 Å². The van der Waals surface area contributed by atoms with E-state index < -0.39 is 11.7 Å². The van der Waals surface area contributed by atoms with E-state index in [1.54, 1.807) is 37.3 Å². The molecule has 0 atom stereocenters. The fraction of sp³-hybridized carbons (Fsp3) is 0.200. The number of benzene rings is 2. The van der Waals surface area contributed by atoms with Crippen LogP contribution in [0.15, 0.2) is 53.8 Å². The smallest absolute Gasteiger partial charge is 0.326 e. The second kappa shape index (κ2) is 7.16. The molecule has 2 heterocycles. The number of carbonyl (C=O) groups is 1. The van der Waals surface area contributed by atoms with Gasteiger partial charge in [0.05, 0.1) is 17.0 Å². The van der Waals surface area contributed by atoms with Crippen molar-refractivity contribution in [3.8, 4) is 5.69 Å². The number of nitrogens with one attached hydrogen (secondary N) is 1. The zero-order valence-corrected chi connectivity index (χ0v) is 15.4. The third-order valence-electron chi connectivity index (χ3n) is 4.60. The summed E-state index contributed by atoms with van der Waals surface area (Å²) in [6.07, 6.45) is -2.93. The van der Waals surface area contributed by atoms with Crippen molar-refractivity contribution in [3.05, 3.63) is 71.3 Å². The van der Waals surface area contributed by atoms with Crippen LogP contribution in [-0.4, -0.2) is 26.4 Å². The van der Waals surface area contributed by atoms with Crippen molar-refractivity contribution in [3.63, 3.8) is 0 Å². The van der Waals surface area contributed by atoms with Crippen LogP contribution in [-0.2, 0) is 17.5 Å². The molecule has 1 aliphatic heterocycles. The summed E-state index contributed by atoms with van der Waals surface area (Å²) in [6, 6.07) is 10.8. The molecule has 29 heavy (non-hydrogen) atoms. The summed E-state index contributed by atoms with van der Waals surface area (Å²) >= 11 is 0. The molecule has 0 bridgehead atoms. The van der Waals surface area contributed by atoms with Gasteiger partial charge in [0.2, 0.25) is 5.91 Å². The molecule has 0 spiro atoms. The number of halogens is 3. The van der Waals surface area contributed by atoms with Crippen molar-refractivity contribution < 1.29 is 18.0 Å². The van der Waals surface area contributed by atoms with Crippen LogP contribution in [0.2, 0.25) is 0 Å². The maximum Gasteiger partial charge on any atom is 0.418 e. The summed E-state index contributed by atoms with van der Waals surface area (Å²) in [7, 11) is 0. The number of amides is 1. The van der Waals surface area contributed by atoms with E-state index in [-0.39, 0.29) is 18.1 Å². The Morgan fingerprint density at radius 2 is 1.93 bits per heavy atom. The number of fused-ring (bicyclic) bond motifs is 3. The van der Waals surface area contributed by atoms with Crippen LogP contribution in [0.5, 0.6) is 0 Å². The highest BCUT2D eigenvalue weighted by molar-refractivity contribution is 6.15. The van der Waals surface area contributed by atoms with Crippen LogP contribution < -0.4 is 5.32 Å². The third-order valence-corrected chi connectivity index (χ3v) is 4.60. The Morgan fingerprint density at radius 3 is 2.62 bits per heavy atom. The Morgan fingerprint density at radius 1 is 1.17 bits per heavy atom. The monoisotopic (exact) mass is 399 g/mol. The minimum Gasteiger partial charge on any atom is -0.326 e. The van der Waals surface area contributed by atoms with Gasteiger partial charge >= 0.3 is 6.18 Å². The molecule has 148 valence electrons. The lowest BCUT2D eigenvalue weighted by Crippen LogP contribution is -2.15. The summed E-state index contributed by atoms with van der Waals surface area (Å²) in [6.45, 7) is 1.84. The molecule has 4 rings (SSSR count). The molecule has 2 aromatic carbocycles. The summed E-state index contributed by atoms with van der Waals surface area (Å²) in [5.41, 5.74) is 1.18. The van der Waals surface area contributed by atoms with Gasteiger partial charge in [-0.1, -0.05) is 31.2 Å². The Kier molecular flexibility index (Phi) is 4.65. The SMILES string of the molecule is CCC(=O)Nc1ccc(C2=NCc3nncn3-c3c2cccc3C(F)(F)F)cc1. The molecule has 0 aliphatic carbocycles. The predicted octanol–water partition coefficient (Wildman–Crippen LogP) is 3.99. The number of para-hydroxylation sites is 1. The summed E-state index contributed by atoms with van der Waals surface area (Å²) in [5, 5.41) is 10.4. The molecular formula is C20H16F3N5O. The number of hydrogen-bond acceptors (Lipinski definition) is 4. The van der Waals surface area contributed by atoms with Gasteiger partial charge in [-0.15, -0.1) is 10.2 Å². The molecule has 1 aliphatic rings. The van der Waals surface area contributed by atoms with Gasteiger partial charge in [-0.2, -0.15) is 13.2 Å². The minimum absolute atomic E-state index is 0.0420. The van der Waals surface area contributed by atoms with E-state index in [1.165, 1.54) is 17.0 Å². The number of alkyl halides is 3. The molecule has 0 saturated carbocycles. The number of aromatic nitrogens is 3. The van der Waals surface area contributed by atoms with Crippen LogP contribution in [0, 0.1) is 0 Å². The third kappa shape index (κ3) is 3.51. The Balaban J connectivity index is 1.84. The zero-order valence-electron chi connectivity index (χ0n) is 15.4. The molecule has 1 aromatic heterocycles. The maximum absolute atomic E-state index is 13.7. The van der Waals surface area contributed by atoms with Gasteiger partial charge in [-0.25, -0.2) is 0 Å². The van der Waals surface area contributed by atoms with Crippen LogP contribution in [0.1, 0.15) is 35.9 Å². The van der Waals surface area contributed by atoms with E-state index in [1.807, 2.05) is 0 Å². The number of rotatable bonds is 3. The molecule has 1 N–H and O–H groups in total. The minimum atomic E-state index is -4.55. The van der Waals surface area contributed by atoms with Gasteiger partial charge in [0, 0.05) is 23.2 Å². The van der Waals surface area contributed by atoms with Crippen LogP contribution in [0.4, 0.5) is 18.9 Å². The first kappa shape index (κ1) is 18.9. The Labute approximate surface area is 164 Å². The van der Waals surface area contributed by atoms with E-state index in [2.05, 4.69) is 20.5 Å². The van der Waals surface area contributed by atoms with Gasteiger partial charge in [0.25, 0.3) is 0 Å². The lowest BCUT2D eigenvalue weighted by molar-refractivity contribution is -0.137. The second-order valence-electron chi connectivity index (χ2n) is 6.46. The molecule has 0 unspecified atom stereocenters. The van der Waals surface area contributed by atoms with Crippen LogP contribution in [0.25, 0.3) is 5.69 Å². The lowest BCUT2D eigenvalue weighted by atomic mass is 9.97. The molecule has 9 heteroatoms. The van der Waals surface area contributed by atoms with E-state index in [0.29, 0.717) is 34.8 Å². The van der Waals surface area contributed by atoms with E-state index in [0.717, 1.165) is 6.07 Å². The van der Waals surface area contributed by atoms with Crippen molar-refractivity contribution >= 4 is 17.3 Å². The Bertz CT molecular complexity index is 1100. The maximum atomic E-state index is 13.7. The highest BCUT2D eigenvalue weighted by atomic mass is 19.4. The van der Waals surface area contributed by atoms with Gasteiger partial charge in [-0.3, -0.25) is 14.4 Å². The number of aliphatic imine (C=N–C) groups is 1. The van der Waals surface area contributed by atoms with Gasteiger partial charge < -0.3 is 5.32 Å². The normalized spacial score (nSPS) is 13.2.